The minimum atomic E-state index is -0.0361. The van der Waals surface area contributed by atoms with E-state index in [1.807, 2.05) is 0 Å². The first-order valence-corrected chi connectivity index (χ1v) is 6.38. The van der Waals surface area contributed by atoms with E-state index < -0.39 is 0 Å². The second-order valence-corrected chi connectivity index (χ2v) is 4.36. The van der Waals surface area contributed by atoms with Gasteiger partial charge in [-0.3, -0.25) is 4.79 Å². The van der Waals surface area contributed by atoms with Crippen molar-refractivity contribution in [2.45, 2.75) is 32.7 Å². The summed E-state index contributed by atoms with van der Waals surface area (Å²) in [6, 6.07) is 3.58. The van der Waals surface area contributed by atoms with Crippen molar-refractivity contribution in [2.24, 2.45) is 0 Å². The second kappa shape index (κ2) is 5.76. The van der Waals surface area contributed by atoms with Crippen LogP contribution in [0.3, 0.4) is 0 Å². The number of carbonyl (C=O) groups is 1. The van der Waals surface area contributed by atoms with Crippen LogP contribution in [0.15, 0.2) is 12.1 Å². The Morgan fingerprint density at radius 1 is 1.33 bits per heavy atom. The van der Waals surface area contributed by atoms with Crippen molar-refractivity contribution < 1.29 is 14.3 Å². The molecular formula is C14H19NO3. The molecule has 0 spiro atoms. The number of hydrogen-bond donors (Lipinski definition) is 1. The Labute approximate surface area is 107 Å². The number of benzene rings is 1. The molecule has 1 N–H and O–H groups in total. The fourth-order valence-corrected chi connectivity index (χ4v) is 2.10. The number of nitrogens with one attached hydrogen (secondary N) is 1. The largest absolute Gasteiger partial charge is 0.493 e. The van der Waals surface area contributed by atoms with Crippen LogP contribution in [0.4, 0.5) is 0 Å². The number of hydrogen-bond acceptors (Lipinski definition) is 3. The zero-order valence-corrected chi connectivity index (χ0v) is 10.9. The monoisotopic (exact) mass is 249 g/mol. The van der Waals surface area contributed by atoms with Gasteiger partial charge in [-0.1, -0.05) is 19.8 Å². The first kappa shape index (κ1) is 12.7. The van der Waals surface area contributed by atoms with Crippen molar-refractivity contribution in [1.29, 1.82) is 0 Å². The van der Waals surface area contributed by atoms with Gasteiger partial charge >= 0.3 is 0 Å². The van der Waals surface area contributed by atoms with Crippen molar-refractivity contribution in [2.75, 3.05) is 13.7 Å². The molecule has 1 aliphatic rings. The van der Waals surface area contributed by atoms with Crippen LogP contribution < -0.4 is 14.8 Å². The third-order valence-electron chi connectivity index (χ3n) is 3.11. The standard InChI is InChI=1S/C14H19NO3/c1-3-4-5-8-18-13-11-9-15-14(16)10(11)6-7-12(13)17-2/h6-7H,3-5,8-9H2,1-2H3,(H,15,16). The lowest BCUT2D eigenvalue weighted by Gasteiger charge is -2.13. The zero-order valence-electron chi connectivity index (χ0n) is 10.9. The average molecular weight is 249 g/mol. The molecule has 0 saturated carbocycles. The molecule has 18 heavy (non-hydrogen) atoms. The predicted molar refractivity (Wildman–Crippen MR) is 69.2 cm³/mol. The van der Waals surface area contributed by atoms with Gasteiger partial charge in [-0.2, -0.15) is 0 Å². The fourth-order valence-electron chi connectivity index (χ4n) is 2.10. The average Bonchev–Trinajstić information content (AvgIpc) is 2.77. The molecule has 4 nitrogen and oxygen atoms in total. The molecule has 1 amide bonds. The lowest BCUT2D eigenvalue weighted by Crippen LogP contribution is -2.12. The van der Waals surface area contributed by atoms with E-state index in [1.54, 1.807) is 19.2 Å². The molecule has 0 radical (unpaired) electrons. The Kier molecular flexibility index (Phi) is 4.07. The first-order chi connectivity index (χ1) is 8.77. The van der Waals surface area contributed by atoms with Gasteiger partial charge in [-0.25, -0.2) is 0 Å². The summed E-state index contributed by atoms with van der Waals surface area (Å²) < 4.78 is 11.1. The number of methoxy groups -OCH3 is 1. The van der Waals surface area contributed by atoms with Gasteiger partial charge in [0.25, 0.3) is 5.91 Å². The maximum absolute atomic E-state index is 11.6. The fraction of sp³-hybridized carbons (Fsp3) is 0.500. The van der Waals surface area contributed by atoms with Gasteiger partial charge in [0.1, 0.15) is 0 Å². The van der Waals surface area contributed by atoms with Crippen LogP contribution in [0, 0.1) is 0 Å². The normalized spacial score (nSPS) is 13.1. The molecule has 4 heteroatoms. The zero-order chi connectivity index (χ0) is 13.0. The van der Waals surface area contributed by atoms with Gasteiger partial charge in [0.05, 0.1) is 13.7 Å². The Balaban J connectivity index is 2.18. The molecular weight excluding hydrogens is 230 g/mol. The van der Waals surface area contributed by atoms with Crippen LogP contribution in [0.2, 0.25) is 0 Å². The van der Waals surface area contributed by atoms with E-state index in [2.05, 4.69) is 12.2 Å². The van der Waals surface area contributed by atoms with Crippen LogP contribution >= 0.6 is 0 Å². The summed E-state index contributed by atoms with van der Waals surface area (Å²) in [7, 11) is 1.62. The summed E-state index contributed by atoms with van der Waals surface area (Å²) in [6.45, 7) is 3.34. The molecule has 0 unspecified atom stereocenters. The molecule has 2 rings (SSSR count). The molecule has 1 heterocycles. The van der Waals surface area contributed by atoms with Crippen LogP contribution in [0.5, 0.6) is 11.5 Å². The third kappa shape index (κ3) is 2.42. The van der Waals surface area contributed by atoms with Crippen molar-refractivity contribution in [3.63, 3.8) is 0 Å². The van der Waals surface area contributed by atoms with Crippen molar-refractivity contribution in [3.8, 4) is 11.5 Å². The van der Waals surface area contributed by atoms with E-state index in [9.17, 15) is 4.79 Å². The van der Waals surface area contributed by atoms with E-state index >= 15 is 0 Å². The molecule has 1 aromatic carbocycles. The number of ether oxygens (including phenoxy) is 2. The van der Waals surface area contributed by atoms with Crippen molar-refractivity contribution in [1.82, 2.24) is 5.32 Å². The van der Waals surface area contributed by atoms with Gasteiger partial charge in [0.15, 0.2) is 11.5 Å². The van der Waals surface area contributed by atoms with Gasteiger partial charge in [0, 0.05) is 17.7 Å². The van der Waals surface area contributed by atoms with E-state index in [0.29, 0.717) is 30.2 Å². The number of unbranched alkanes of at least 4 members (excludes halogenated alkanes) is 2. The predicted octanol–water partition coefficient (Wildman–Crippen LogP) is 2.51. The van der Waals surface area contributed by atoms with E-state index in [1.165, 1.54) is 0 Å². The summed E-state index contributed by atoms with van der Waals surface area (Å²) >= 11 is 0. The third-order valence-corrected chi connectivity index (χ3v) is 3.11. The molecule has 98 valence electrons. The number of fused-ring (bicyclic) bond motifs is 1. The summed E-state index contributed by atoms with van der Waals surface area (Å²) in [4.78, 5) is 11.6. The Morgan fingerprint density at radius 3 is 2.89 bits per heavy atom. The van der Waals surface area contributed by atoms with Gasteiger partial charge in [-0.15, -0.1) is 0 Å². The SMILES string of the molecule is CCCCCOc1c(OC)ccc2c1CNC2=O. The summed E-state index contributed by atoms with van der Waals surface area (Å²) in [5.41, 5.74) is 1.61. The molecule has 0 atom stereocenters. The quantitative estimate of drug-likeness (QED) is 0.788. The molecule has 1 aliphatic heterocycles. The topological polar surface area (TPSA) is 47.6 Å². The van der Waals surface area contributed by atoms with E-state index in [4.69, 9.17) is 9.47 Å². The Morgan fingerprint density at radius 2 is 2.17 bits per heavy atom. The number of carbonyl (C=O) groups excluding carboxylic acids is 1. The highest BCUT2D eigenvalue weighted by molar-refractivity contribution is 5.99. The Hall–Kier alpha value is -1.71. The highest BCUT2D eigenvalue weighted by atomic mass is 16.5. The summed E-state index contributed by atoms with van der Waals surface area (Å²) in [6.07, 6.45) is 3.33. The van der Waals surface area contributed by atoms with Crippen LogP contribution in [0.1, 0.15) is 42.1 Å². The van der Waals surface area contributed by atoms with Crippen LogP contribution in [-0.4, -0.2) is 19.6 Å². The summed E-state index contributed by atoms with van der Waals surface area (Å²) in [5, 5.41) is 2.80. The molecule has 0 aromatic heterocycles. The van der Waals surface area contributed by atoms with E-state index in [0.717, 1.165) is 24.8 Å². The number of amides is 1. The van der Waals surface area contributed by atoms with Gasteiger partial charge < -0.3 is 14.8 Å². The van der Waals surface area contributed by atoms with Gasteiger partial charge in [0.2, 0.25) is 0 Å². The molecule has 1 aromatic rings. The lowest BCUT2D eigenvalue weighted by atomic mass is 10.1. The van der Waals surface area contributed by atoms with Crippen molar-refractivity contribution >= 4 is 5.91 Å². The van der Waals surface area contributed by atoms with Crippen LogP contribution in [-0.2, 0) is 6.54 Å². The molecule has 0 fully saturated rings. The second-order valence-electron chi connectivity index (χ2n) is 4.36. The summed E-state index contributed by atoms with van der Waals surface area (Å²) in [5.74, 6) is 1.37. The molecule has 0 bridgehead atoms. The van der Waals surface area contributed by atoms with Crippen molar-refractivity contribution in [3.05, 3.63) is 23.3 Å². The number of rotatable bonds is 6. The van der Waals surface area contributed by atoms with Crippen LogP contribution in [0.25, 0.3) is 0 Å². The highest BCUT2D eigenvalue weighted by Crippen LogP contribution is 2.36. The maximum Gasteiger partial charge on any atom is 0.252 e. The highest BCUT2D eigenvalue weighted by Gasteiger charge is 2.25. The minimum absolute atomic E-state index is 0.0361. The minimum Gasteiger partial charge on any atom is -0.493 e. The molecule has 0 aliphatic carbocycles. The first-order valence-electron chi connectivity index (χ1n) is 6.38. The maximum atomic E-state index is 11.6. The Bertz CT molecular complexity index is 443. The smallest absolute Gasteiger partial charge is 0.252 e. The van der Waals surface area contributed by atoms with E-state index in [-0.39, 0.29) is 5.91 Å². The van der Waals surface area contributed by atoms with Gasteiger partial charge in [-0.05, 0) is 18.6 Å². The lowest BCUT2D eigenvalue weighted by molar-refractivity contribution is 0.0966. The molecule has 0 saturated heterocycles.